The molecule has 13 heavy (non-hydrogen) atoms. The highest BCUT2D eigenvalue weighted by Crippen LogP contribution is 2.12. The molecule has 0 aromatic heterocycles. The average molecular weight is 173 g/mol. The van der Waals surface area contributed by atoms with E-state index in [0.717, 1.165) is 0 Å². The van der Waals surface area contributed by atoms with E-state index >= 15 is 0 Å². The third-order valence-electron chi connectivity index (χ3n) is 1.99. The van der Waals surface area contributed by atoms with Gasteiger partial charge in [-0.3, -0.25) is 0 Å². The van der Waals surface area contributed by atoms with E-state index in [1.54, 1.807) is 0 Å². The van der Waals surface area contributed by atoms with E-state index in [0.29, 0.717) is 0 Å². The minimum absolute atomic E-state index is 0.158. The molecule has 0 spiro atoms. The lowest BCUT2D eigenvalue weighted by atomic mass is 10.1. The summed E-state index contributed by atoms with van der Waals surface area (Å²) >= 11 is 0. The van der Waals surface area contributed by atoms with Gasteiger partial charge in [-0.05, 0) is 26.5 Å². The van der Waals surface area contributed by atoms with Crippen LogP contribution in [0.15, 0.2) is 24.3 Å². The Morgan fingerprint density at radius 1 is 1.23 bits per heavy atom. The Bertz CT molecular complexity index is 313. The largest absolute Gasteiger partial charge is 0.303 e. The van der Waals surface area contributed by atoms with Crippen molar-refractivity contribution in [2.24, 2.45) is 0 Å². The molecule has 0 saturated carbocycles. The average Bonchev–Trinajstić information content (AvgIpc) is 2.16. The highest BCUT2D eigenvalue weighted by molar-refractivity contribution is 5.29. The van der Waals surface area contributed by atoms with Crippen LogP contribution in [0.1, 0.15) is 24.1 Å². The highest BCUT2D eigenvalue weighted by atomic mass is 14.9. The fourth-order valence-corrected chi connectivity index (χ4v) is 1.23. The van der Waals surface area contributed by atoms with Crippen molar-refractivity contribution in [3.8, 4) is 11.8 Å². The van der Waals surface area contributed by atoms with Gasteiger partial charge >= 0.3 is 0 Å². The van der Waals surface area contributed by atoms with Crippen LogP contribution in [0, 0.1) is 18.8 Å². The normalized spacial score (nSPS) is 11.6. The first-order valence-corrected chi connectivity index (χ1v) is 4.44. The molecule has 0 aliphatic carbocycles. The van der Waals surface area contributed by atoms with E-state index in [-0.39, 0.29) is 6.04 Å². The van der Waals surface area contributed by atoms with Crippen molar-refractivity contribution in [1.29, 1.82) is 0 Å². The molecular weight excluding hydrogens is 158 g/mol. The lowest BCUT2D eigenvalue weighted by molar-refractivity contribution is 0.735. The van der Waals surface area contributed by atoms with Crippen molar-refractivity contribution in [2.75, 3.05) is 7.05 Å². The van der Waals surface area contributed by atoms with Crippen LogP contribution >= 0.6 is 0 Å². The minimum atomic E-state index is 0.158. The molecule has 0 aliphatic heterocycles. The van der Waals surface area contributed by atoms with Crippen LogP contribution in [0.2, 0.25) is 0 Å². The van der Waals surface area contributed by atoms with Crippen LogP contribution in [0.3, 0.4) is 0 Å². The lowest BCUT2D eigenvalue weighted by Gasteiger charge is -2.09. The van der Waals surface area contributed by atoms with Crippen molar-refractivity contribution in [3.63, 3.8) is 0 Å². The van der Waals surface area contributed by atoms with E-state index in [9.17, 15) is 0 Å². The molecule has 1 N–H and O–H groups in total. The lowest BCUT2D eigenvalue weighted by Crippen LogP contribution is -2.14. The molecule has 0 bridgehead atoms. The van der Waals surface area contributed by atoms with Gasteiger partial charge in [0.2, 0.25) is 0 Å². The fraction of sp³-hybridized carbons (Fsp3) is 0.333. The first-order valence-electron chi connectivity index (χ1n) is 4.44. The molecule has 0 amide bonds. The van der Waals surface area contributed by atoms with Gasteiger partial charge in [0.05, 0.1) is 6.04 Å². The molecule has 1 unspecified atom stereocenters. The predicted octanol–water partition coefficient (Wildman–Crippen LogP) is 2.28. The monoisotopic (exact) mass is 173 g/mol. The number of hydrogen-bond donors (Lipinski definition) is 1. The number of aryl methyl sites for hydroxylation is 1. The minimum Gasteiger partial charge on any atom is -0.303 e. The summed E-state index contributed by atoms with van der Waals surface area (Å²) in [5, 5.41) is 3.17. The predicted molar refractivity (Wildman–Crippen MR) is 56.4 cm³/mol. The Balaban J connectivity index is 2.90. The molecule has 0 heterocycles. The van der Waals surface area contributed by atoms with Gasteiger partial charge in [-0.1, -0.05) is 35.7 Å². The molecule has 0 fully saturated rings. The van der Waals surface area contributed by atoms with E-state index in [1.165, 1.54) is 11.1 Å². The molecule has 1 aromatic carbocycles. The van der Waals surface area contributed by atoms with Crippen LogP contribution in [0.4, 0.5) is 0 Å². The molecule has 1 atom stereocenters. The van der Waals surface area contributed by atoms with Gasteiger partial charge in [0, 0.05) is 0 Å². The van der Waals surface area contributed by atoms with E-state index in [1.807, 2.05) is 14.0 Å². The van der Waals surface area contributed by atoms with Gasteiger partial charge in [-0.2, -0.15) is 0 Å². The summed E-state index contributed by atoms with van der Waals surface area (Å²) in [4.78, 5) is 0. The van der Waals surface area contributed by atoms with Crippen LogP contribution < -0.4 is 5.32 Å². The zero-order valence-electron chi connectivity index (χ0n) is 8.39. The summed E-state index contributed by atoms with van der Waals surface area (Å²) in [5.41, 5.74) is 2.51. The number of benzene rings is 1. The van der Waals surface area contributed by atoms with Crippen LogP contribution in [0.25, 0.3) is 0 Å². The molecule has 0 aliphatic rings. The van der Waals surface area contributed by atoms with Gasteiger partial charge in [-0.15, -0.1) is 5.92 Å². The first-order chi connectivity index (χ1) is 6.27. The standard InChI is InChI=1S/C12H15N/c1-4-5-12(13-3)11-8-6-10(2)7-9-11/h6-9,12-13H,1-3H3. The summed E-state index contributed by atoms with van der Waals surface area (Å²) < 4.78 is 0. The van der Waals surface area contributed by atoms with Gasteiger partial charge in [0.25, 0.3) is 0 Å². The third-order valence-corrected chi connectivity index (χ3v) is 1.99. The summed E-state index contributed by atoms with van der Waals surface area (Å²) in [6.07, 6.45) is 0. The summed E-state index contributed by atoms with van der Waals surface area (Å²) in [5.74, 6) is 6.03. The second-order valence-electron chi connectivity index (χ2n) is 3.03. The summed E-state index contributed by atoms with van der Waals surface area (Å²) in [6, 6.07) is 8.60. The fourth-order valence-electron chi connectivity index (χ4n) is 1.23. The first kappa shape index (κ1) is 9.83. The van der Waals surface area contributed by atoms with Crippen LogP contribution in [0.5, 0.6) is 0 Å². The van der Waals surface area contributed by atoms with Crippen molar-refractivity contribution in [3.05, 3.63) is 35.4 Å². The van der Waals surface area contributed by atoms with Gasteiger partial charge < -0.3 is 5.32 Å². The Morgan fingerprint density at radius 3 is 2.31 bits per heavy atom. The molecular formula is C12H15N. The Labute approximate surface area is 80.2 Å². The number of hydrogen-bond acceptors (Lipinski definition) is 1. The topological polar surface area (TPSA) is 12.0 Å². The molecule has 1 nitrogen and oxygen atoms in total. The van der Waals surface area contributed by atoms with E-state index in [2.05, 4.69) is 48.3 Å². The Hall–Kier alpha value is -1.26. The van der Waals surface area contributed by atoms with Crippen LogP contribution in [-0.4, -0.2) is 7.05 Å². The molecule has 0 radical (unpaired) electrons. The second-order valence-corrected chi connectivity index (χ2v) is 3.03. The number of rotatable bonds is 2. The quantitative estimate of drug-likeness (QED) is 0.676. The highest BCUT2D eigenvalue weighted by Gasteiger charge is 2.03. The zero-order chi connectivity index (χ0) is 9.68. The van der Waals surface area contributed by atoms with Gasteiger partial charge in [0.1, 0.15) is 0 Å². The van der Waals surface area contributed by atoms with Gasteiger partial charge in [0.15, 0.2) is 0 Å². The SMILES string of the molecule is CC#CC(NC)c1ccc(C)cc1. The van der Waals surface area contributed by atoms with Crippen molar-refractivity contribution in [2.45, 2.75) is 19.9 Å². The van der Waals surface area contributed by atoms with E-state index in [4.69, 9.17) is 0 Å². The van der Waals surface area contributed by atoms with Crippen molar-refractivity contribution in [1.82, 2.24) is 5.32 Å². The maximum Gasteiger partial charge on any atom is 0.0943 e. The van der Waals surface area contributed by atoms with Crippen LogP contribution in [-0.2, 0) is 0 Å². The maximum atomic E-state index is 3.17. The smallest absolute Gasteiger partial charge is 0.0943 e. The van der Waals surface area contributed by atoms with Crippen molar-refractivity contribution >= 4 is 0 Å². The molecule has 68 valence electrons. The third kappa shape index (κ3) is 2.61. The molecule has 1 aromatic rings. The second kappa shape index (κ2) is 4.69. The zero-order valence-corrected chi connectivity index (χ0v) is 8.39. The summed E-state index contributed by atoms with van der Waals surface area (Å²) in [7, 11) is 1.93. The molecule has 1 rings (SSSR count). The molecule has 1 heteroatoms. The number of nitrogens with one attached hydrogen (secondary N) is 1. The summed E-state index contributed by atoms with van der Waals surface area (Å²) in [6.45, 7) is 3.95. The maximum absolute atomic E-state index is 3.17. The Morgan fingerprint density at radius 2 is 1.85 bits per heavy atom. The Kier molecular flexibility index (Phi) is 3.54. The van der Waals surface area contributed by atoms with Crippen molar-refractivity contribution < 1.29 is 0 Å². The van der Waals surface area contributed by atoms with E-state index < -0.39 is 0 Å². The molecule has 0 saturated heterocycles. The van der Waals surface area contributed by atoms with Gasteiger partial charge in [-0.25, -0.2) is 0 Å².